The van der Waals surface area contributed by atoms with Crippen molar-refractivity contribution in [3.05, 3.63) is 58.2 Å². The first-order valence-corrected chi connectivity index (χ1v) is 8.91. The van der Waals surface area contributed by atoms with E-state index in [0.717, 1.165) is 40.1 Å². The topological polar surface area (TPSA) is 57.4 Å². The van der Waals surface area contributed by atoms with Crippen LogP contribution in [0.2, 0.25) is 0 Å². The molecule has 0 saturated heterocycles. The Balaban J connectivity index is 1.85. The molecule has 2 N–H and O–H groups in total. The zero-order chi connectivity index (χ0) is 17.7. The van der Waals surface area contributed by atoms with Crippen molar-refractivity contribution in [1.82, 2.24) is 19.9 Å². The van der Waals surface area contributed by atoms with Crippen LogP contribution in [-0.2, 0) is 0 Å². The van der Waals surface area contributed by atoms with Gasteiger partial charge in [-0.25, -0.2) is 9.97 Å². The lowest BCUT2D eigenvalue weighted by atomic mass is 10.1. The van der Waals surface area contributed by atoms with Crippen molar-refractivity contribution in [3.8, 4) is 0 Å². The van der Waals surface area contributed by atoms with Gasteiger partial charge in [-0.15, -0.1) is 0 Å². The highest BCUT2D eigenvalue weighted by Gasteiger charge is 2.21. The van der Waals surface area contributed by atoms with E-state index in [9.17, 15) is 0 Å². The maximum atomic E-state index is 4.92. The number of nitrogens with one attached hydrogen (secondary N) is 2. The number of aromatic nitrogens is 4. The molecule has 0 radical (unpaired) electrons. The van der Waals surface area contributed by atoms with Crippen molar-refractivity contribution >= 4 is 22.1 Å². The first-order chi connectivity index (χ1) is 12.0. The molecule has 4 nitrogen and oxygen atoms in total. The molecule has 0 atom stereocenters. The van der Waals surface area contributed by atoms with E-state index >= 15 is 0 Å². The van der Waals surface area contributed by atoms with Gasteiger partial charge >= 0.3 is 0 Å². The summed E-state index contributed by atoms with van der Waals surface area (Å²) in [4.78, 5) is 16.9. The first-order valence-electron chi connectivity index (χ1n) is 8.91. The molecule has 0 unspecified atom stereocenters. The van der Waals surface area contributed by atoms with Gasteiger partial charge in [0.1, 0.15) is 11.6 Å². The molecule has 0 bridgehead atoms. The van der Waals surface area contributed by atoms with Crippen LogP contribution >= 0.6 is 0 Å². The van der Waals surface area contributed by atoms with Gasteiger partial charge in [0.05, 0.1) is 28.0 Å². The van der Waals surface area contributed by atoms with Crippen LogP contribution < -0.4 is 0 Å². The Hall–Kier alpha value is -2.62. The second-order valence-electron chi connectivity index (χ2n) is 7.01. The largest absolute Gasteiger partial charge is 0.341 e. The molecule has 0 aliphatic rings. The van der Waals surface area contributed by atoms with Gasteiger partial charge in [-0.2, -0.15) is 0 Å². The molecule has 4 aromatic rings. The van der Waals surface area contributed by atoms with Crippen molar-refractivity contribution < 1.29 is 0 Å². The predicted octanol–water partition coefficient (Wildman–Crippen LogP) is 5.21. The molecule has 0 spiro atoms. The van der Waals surface area contributed by atoms with Crippen molar-refractivity contribution in [1.29, 1.82) is 0 Å². The van der Waals surface area contributed by atoms with E-state index in [1.165, 1.54) is 22.3 Å². The lowest BCUT2D eigenvalue weighted by Crippen LogP contribution is -2.04. The molecule has 4 rings (SSSR count). The normalized spacial score (nSPS) is 11.9. The summed E-state index contributed by atoms with van der Waals surface area (Å²) in [5.41, 5.74) is 9.35. The number of hydrogen-bond acceptors (Lipinski definition) is 2. The first kappa shape index (κ1) is 15.9. The molecule has 2 heterocycles. The number of rotatable bonds is 3. The smallest absolute Gasteiger partial charge is 0.117 e. The maximum absolute atomic E-state index is 4.92. The second kappa shape index (κ2) is 5.73. The van der Waals surface area contributed by atoms with E-state index in [4.69, 9.17) is 9.97 Å². The number of benzene rings is 2. The highest BCUT2D eigenvalue weighted by molar-refractivity contribution is 5.81. The summed E-state index contributed by atoms with van der Waals surface area (Å²) >= 11 is 0. The molecule has 25 heavy (non-hydrogen) atoms. The number of imidazole rings is 2. The standard InChI is InChI=1S/C21H24N4/c1-6-15(20-22-16-9-7-11(2)13(4)18(16)24-20)21-23-17-10-8-12(3)14(5)19(17)25-21/h7-10,15H,6H2,1-5H3,(H,22,24)(H,23,25). The molecular weight excluding hydrogens is 308 g/mol. The molecule has 0 amide bonds. The van der Waals surface area contributed by atoms with E-state index in [1.54, 1.807) is 0 Å². The Labute approximate surface area is 147 Å². The number of fused-ring (bicyclic) bond motifs is 2. The van der Waals surface area contributed by atoms with Gasteiger partial charge in [-0.05, 0) is 68.5 Å². The van der Waals surface area contributed by atoms with Crippen molar-refractivity contribution in [2.75, 3.05) is 0 Å². The van der Waals surface area contributed by atoms with Crippen molar-refractivity contribution in [2.45, 2.75) is 47.0 Å². The van der Waals surface area contributed by atoms with Gasteiger partial charge in [-0.3, -0.25) is 0 Å². The summed E-state index contributed by atoms with van der Waals surface area (Å²) in [5, 5.41) is 0. The van der Waals surface area contributed by atoms with Crippen LogP contribution in [0, 0.1) is 27.7 Å². The van der Waals surface area contributed by atoms with E-state index in [-0.39, 0.29) is 5.92 Å². The van der Waals surface area contributed by atoms with Crippen LogP contribution in [0.25, 0.3) is 22.1 Å². The summed E-state index contributed by atoms with van der Waals surface area (Å²) in [6.07, 6.45) is 0.940. The fourth-order valence-electron chi connectivity index (χ4n) is 3.51. The Morgan fingerprint density at radius 2 is 1.20 bits per heavy atom. The summed E-state index contributed by atoms with van der Waals surface area (Å²) in [7, 11) is 0. The number of aryl methyl sites for hydroxylation is 4. The Kier molecular flexibility index (Phi) is 3.64. The van der Waals surface area contributed by atoms with Crippen LogP contribution in [0.1, 0.15) is 53.2 Å². The Bertz CT molecular complexity index is 998. The molecule has 0 saturated carbocycles. The molecule has 0 aliphatic heterocycles. The van der Waals surface area contributed by atoms with Gasteiger partial charge in [0.2, 0.25) is 0 Å². The molecule has 128 valence electrons. The molecule has 0 aliphatic carbocycles. The third-order valence-electron chi connectivity index (χ3n) is 5.46. The van der Waals surface area contributed by atoms with Gasteiger partial charge in [-0.1, -0.05) is 19.1 Å². The van der Waals surface area contributed by atoms with Crippen molar-refractivity contribution in [3.63, 3.8) is 0 Å². The summed E-state index contributed by atoms with van der Waals surface area (Å²) in [5.74, 6) is 2.11. The van der Waals surface area contributed by atoms with Gasteiger partial charge in [0.15, 0.2) is 0 Å². The third kappa shape index (κ3) is 2.44. The molecule has 2 aromatic heterocycles. The minimum absolute atomic E-state index is 0.138. The zero-order valence-corrected chi connectivity index (χ0v) is 15.5. The monoisotopic (exact) mass is 332 g/mol. The van der Waals surface area contributed by atoms with Crippen LogP contribution in [-0.4, -0.2) is 19.9 Å². The SMILES string of the molecule is CCC(c1nc2c(C)c(C)ccc2[nH]1)c1nc2c(C)c(C)ccc2[nH]1. The van der Waals surface area contributed by atoms with Gasteiger partial charge < -0.3 is 9.97 Å². The fourth-order valence-corrected chi connectivity index (χ4v) is 3.51. The number of aromatic amines is 2. The quantitative estimate of drug-likeness (QED) is 0.541. The molecule has 0 fully saturated rings. The van der Waals surface area contributed by atoms with Crippen LogP contribution in [0.15, 0.2) is 24.3 Å². The number of H-pyrrole nitrogens is 2. The summed E-state index contributed by atoms with van der Waals surface area (Å²) in [6, 6.07) is 8.53. The van der Waals surface area contributed by atoms with E-state index in [1.807, 2.05) is 0 Å². The van der Waals surface area contributed by atoms with Crippen molar-refractivity contribution in [2.24, 2.45) is 0 Å². The number of nitrogens with zero attached hydrogens (tertiary/aromatic N) is 2. The minimum atomic E-state index is 0.138. The predicted molar refractivity (Wildman–Crippen MR) is 103 cm³/mol. The second-order valence-corrected chi connectivity index (χ2v) is 7.01. The van der Waals surface area contributed by atoms with Gasteiger partial charge in [0.25, 0.3) is 0 Å². The lowest BCUT2D eigenvalue weighted by Gasteiger charge is -2.08. The Morgan fingerprint density at radius 1 is 0.760 bits per heavy atom. The van der Waals surface area contributed by atoms with Crippen LogP contribution in [0.4, 0.5) is 0 Å². The Morgan fingerprint density at radius 3 is 1.60 bits per heavy atom. The molecule has 4 heteroatoms. The van der Waals surface area contributed by atoms with E-state index < -0.39 is 0 Å². The molecular formula is C21H24N4. The summed E-state index contributed by atoms with van der Waals surface area (Å²) < 4.78 is 0. The van der Waals surface area contributed by atoms with Crippen LogP contribution in [0.5, 0.6) is 0 Å². The fraction of sp³-hybridized carbons (Fsp3) is 0.333. The highest BCUT2D eigenvalue weighted by atomic mass is 15.0. The lowest BCUT2D eigenvalue weighted by molar-refractivity contribution is 0.694. The van der Waals surface area contributed by atoms with E-state index in [0.29, 0.717) is 0 Å². The van der Waals surface area contributed by atoms with E-state index in [2.05, 4.69) is 68.9 Å². The number of hydrogen-bond donors (Lipinski definition) is 2. The average molecular weight is 332 g/mol. The maximum Gasteiger partial charge on any atom is 0.117 e. The highest BCUT2D eigenvalue weighted by Crippen LogP contribution is 2.30. The van der Waals surface area contributed by atoms with Crippen LogP contribution in [0.3, 0.4) is 0 Å². The minimum Gasteiger partial charge on any atom is -0.341 e. The van der Waals surface area contributed by atoms with Gasteiger partial charge in [0, 0.05) is 0 Å². The molecule has 2 aromatic carbocycles. The third-order valence-corrected chi connectivity index (χ3v) is 5.46. The zero-order valence-electron chi connectivity index (χ0n) is 15.5. The average Bonchev–Trinajstić information content (AvgIpc) is 3.21. The summed E-state index contributed by atoms with van der Waals surface area (Å²) in [6.45, 7) is 10.7.